The van der Waals surface area contributed by atoms with Crippen LogP contribution in [0.2, 0.25) is 0 Å². The topological polar surface area (TPSA) is 48.3 Å². The maximum absolute atomic E-state index is 9.49. The number of nitriles is 1. The number of hydrogen-bond acceptors (Lipinski definition) is 4. The van der Waals surface area contributed by atoms with Gasteiger partial charge in [-0.1, -0.05) is 6.92 Å². The molecule has 0 aromatic heterocycles. The van der Waals surface area contributed by atoms with Gasteiger partial charge in [-0.15, -0.1) is 0 Å². The molecule has 4 heteroatoms. The van der Waals surface area contributed by atoms with Crippen molar-refractivity contribution in [3.05, 3.63) is 0 Å². The molecule has 1 heterocycles. The first-order valence-electron chi connectivity index (χ1n) is 7.66. The van der Waals surface area contributed by atoms with Crippen molar-refractivity contribution in [2.24, 2.45) is 0 Å². The van der Waals surface area contributed by atoms with Gasteiger partial charge in [0.1, 0.15) is 5.54 Å². The van der Waals surface area contributed by atoms with Crippen LogP contribution >= 0.6 is 0 Å². The quantitative estimate of drug-likeness (QED) is 0.825. The lowest BCUT2D eigenvalue weighted by Gasteiger charge is -2.36. The Bertz CT molecular complexity index is 320. The molecular formula is C15H27N3O. The molecule has 0 amide bonds. The minimum atomic E-state index is -0.265. The fourth-order valence-electron chi connectivity index (χ4n) is 3.47. The molecule has 0 aromatic rings. The first-order valence-corrected chi connectivity index (χ1v) is 7.66. The van der Waals surface area contributed by atoms with E-state index >= 15 is 0 Å². The molecule has 0 aromatic carbocycles. The van der Waals surface area contributed by atoms with Crippen LogP contribution < -0.4 is 5.32 Å². The van der Waals surface area contributed by atoms with Gasteiger partial charge in [0.2, 0.25) is 0 Å². The van der Waals surface area contributed by atoms with Crippen LogP contribution in [0.25, 0.3) is 0 Å². The zero-order chi connectivity index (χ0) is 13.7. The number of hydrogen-bond donors (Lipinski definition) is 1. The Kier molecular flexibility index (Phi) is 5.20. The molecule has 1 saturated carbocycles. The van der Waals surface area contributed by atoms with E-state index in [4.69, 9.17) is 4.74 Å². The van der Waals surface area contributed by atoms with Gasteiger partial charge in [-0.25, -0.2) is 0 Å². The molecular weight excluding hydrogens is 238 g/mol. The summed E-state index contributed by atoms with van der Waals surface area (Å²) in [7, 11) is 1.81. The maximum Gasteiger partial charge on any atom is 0.108 e. The molecule has 1 aliphatic carbocycles. The summed E-state index contributed by atoms with van der Waals surface area (Å²) in [4.78, 5) is 2.57. The van der Waals surface area contributed by atoms with Crippen LogP contribution in [0.4, 0.5) is 0 Å². The highest BCUT2D eigenvalue weighted by Gasteiger charge is 2.41. The SMILES string of the molecule is CCCNC1(C#N)CCC(N2CCC(OC)CC2)C1. The predicted molar refractivity (Wildman–Crippen MR) is 75.9 cm³/mol. The third-order valence-electron chi connectivity index (χ3n) is 4.74. The first-order chi connectivity index (χ1) is 9.23. The Balaban J connectivity index is 1.86. The highest BCUT2D eigenvalue weighted by atomic mass is 16.5. The monoisotopic (exact) mass is 265 g/mol. The van der Waals surface area contributed by atoms with Crippen LogP contribution in [0.5, 0.6) is 0 Å². The molecule has 2 atom stereocenters. The highest BCUT2D eigenvalue weighted by Crippen LogP contribution is 2.34. The highest BCUT2D eigenvalue weighted by molar-refractivity contribution is 5.13. The van der Waals surface area contributed by atoms with E-state index in [1.807, 2.05) is 7.11 Å². The predicted octanol–water partition coefficient (Wildman–Crippen LogP) is 1.91. The smallest absolute Gasteiger partial charge is 0.108 e. The molecule has 2 unspecified atom stereocenters. The lowest BCUT2D eigenvalue weighted by molar-refractivity contribution is 0.0274. The summed E-state index contributed by atoms with van der Waals surface area (Å²) >= 11 is 0. The van der Waals surface area contributed by atoms with E-state index in [-0.39, 0.29) is 5.54 Å². The molecule has 108 valence electrons. The van der Waals surface area contributed by atoms with Gasteiger partial charge in [0.15, 0.2) is 0 Å². The molecule has 2 fully saturated rings. The number of nitrogens with zero attached hydrogens (tertiary/aromatic N) is 2. The normalized spacial score (nSPS) is 33.4. The Hall–Kier alpha value is -0.630. The van der Waals surface area contributed by atoms with Gasteiger partial charge in [-0.3, -0.25) is 5.32 Å². The fraction of sp³-hybridized carbons (Fsp3) is 0.933. The molecule has 1 aliphatic heterocycles. The zero-order valence-electron chi connectivity index (χ0n) is 12.3. The van der Waals surface area contributed by atoms with Crippen molar-refractivity contribution in [3.8, 4) is 6.07 Å². The van der Waals surface area contributed by atoms with Crippen molar-refractivity contribution in [1.29, 1.82) is 5.26 Å². The minimum absolute atomic E-state index is 0.265. The Labute approximate surface area is 117 Å². The van der Waals surface area contributed by atoms with Gasteiger partial charge in [0.05, 0.1) is 12.2 Å². The third kappa shape index (κ3) is 3.47. The molecule has 1 N–H and O–H groups in total. The summed E-state index contributed by atoms with van der Waals surface area (Å²) in [5.74, 6) is 0. The second-order valence-corrected chi connectivity index (χ2v) is 5.99. The third-order valence-corrected chi connectivity index (χ3v) is 4.74. The molecule has 0 radical (unpaired) electrons. The summed E-state index contributed by atoms with van der Waals surface area (Å²) in [5, 5.41) is 13.0. The Morgan fingerprint density at radius 3 is 2.68 bits per heavy atom. The second-order valence-electron chi connectivity index (χ2n) is 5.99. The molecule has 4 nitrogen and oxygen atoms in total. The van der Waals surface area contributed by atoms with Crippen LogP contribution in [-0.2, 0) is 4.74 Å². The van der Waals surface area contributed by atoms with Gasteiger partial charge in [0.25, 0.3) is 0 Å². The lowest BCUT2D eigenvalue weighted by atomic mass is 9.98. The lowest BCUT2D eigenvalue weighted by Crippen LogP contribution is -2.46. The average Bonchev–Trinajstić information content (AvgIpc) is 2.90. The largest absolute Gasteiger partial charge is 0.381 e. The molecule has 2 aliphatic rings. The number of ether oxygens (including phenoxy) is 1. The molecule has 0 spiro atoms. The number of methoxy groups -OCH3 is 1. The number of nitrogens with one attached hydrogen (secondary N) is 1. The van der Waals surface area contributed by atoms with Crippen molar-refractivity contribution < 1.29 is 4.74 Å². The summed E-state index contributed by atoms with van der Waals surface area (Å²) in [6, 6.07) is 3.12. The summed E-state index contributed by atoms with van der Waals surface area (Å²) < 4.78 is 5.43. The van der Waals surface area contributed by atoms with Gasteiger partial charge in [0, 0.05) is 26.2 Å². The number of piperidine rings is 1. The number of rotatable bonds is 5. The van der Waals surface area contributed by atoms with E-state index < -0.39 is 0 Å². The maximum atomic E-state index is 9.49. The zero-order valence-corrected chi connectivity index (χ0v) is 12.3. The fourth-order valence-corrected chi connectivity index (χ4v) is 3.47. The van der Waals surface area contributed by atoms with Crippen molar-refractivity contribution in [2.75, 3.05) is 26.7 Å². The van der Waals surface area contributed by atoms with Crippen LogP contribution in [0.3, 0.4) is 0 Å². The molecule has 1 saturated heterocycles. The number of likely N-dealkylation sites (tertiary alicyclic amines) is 1. The summed E-state index contributed by atoms with van der Waals surface area (Å²) in [6.45, 7) is 5.35. The average molecular weight is 265 g/mol. The van der Waals surface area contributed by atoms with Crippen molar-refractivity contribution >= 4 is 0 Å². The second kappa shape index (κ2) is 6.69. The summed E-state index contributed by atoms with van der Waals surface area (Å²) in [5.41, 5.74) is -0.265. The van der Waals surface area contributed by atoms with Crippen LogP contribution in [-0.4, -0.2) is 49.3 Å². The van der Waals surface area contributed by atoms with Crippen LogP contribution in [0.1, 0.15) is 45.4 Å². The standard InChI is InChI=1S/C15H27N3O/c1-3-8-17-15(12-16)7-4-13(11-15)18-9-5-14(19-2)6-10-18/h13-14,17H,3-11H2,1-2H3. The van der Waals surface area contributed by atoms with Crippen LogP contribution in [0.15, 0.2) is 0 Å². The van der Waals surface area contributed by atoms with E-state index in [1.165, 1.54) is 0 Å². The molecule has 19 heavy (non-hydrogen) atoms. The van der Waals surface area contributed by atoms with Crippen molar-refractivity contribution in [1.82, 2.24) is 10.2 Å². The summed E-state index contributed by atoms with van der Waals surface area (Å²) in [6.07, 6.45) is 6.94. The Morgan fingerprint density at radius 2 is 2.11 bits per heavy atom. The van der Waals surface area contributed by atoms with Gasteiger partial charge in [-0.2, -0.15) is 5.26 Å². The van der Waals surface area contributed by atoms with Gasteiger partial charge in [-0.05, 0) is 45.1 Å². The molecule has 2 rings (SSSR count). The van der Waals surface area contributed by atoms with E-state index in [0.717, 1.165) is 58.2 Å². The van der Waals surface area contributed by atoms with Crippen molar-refractivity contribution in [2.45, 2.75) is 63.1 Å². The minimum Gasteiger partial charge on any atom is -0.381 e. The van der Waals surface area contributed by atoms with Gasteiger partial charge >= 0.3 is 0 Å². The molecule has 0 bridgehead atoms. The van der Waals surface area contributed by atoms with E-state index in [2.05, 4.69) is 23.2 Å². The van der Waals surface area contributed by atoms with Crippen LogP contribution in [0, 0.1) is 11.3 Å². The van der Waals surface area contributed by atoms with E-state index in [9.17, 15) is 5.26 Å². The van der Waals surface area contributed by atoms with E-state index in [1.54, 1.807) is 0 Å². The van der Waals surface area contributed by atoms with E-state index in [0.29, 0.717) is 12.1 Å². The Morgan fingerprint density at radius 1 is 1.37 bits per heavy atom. The first kappa shape index (κ1) is 14.8. The van der Waals surface area contributed by atoms with Crippen molar-refractivity contribution in [3.63, 3.8) is 0 Å². The van der Waals surface area contributed by atoms with Gasteiger partial charge < -0.3 is 9.64 Å².